The highest BCUT2D eigenvalue weighted by Gasteiger charge is 2.17. The highest BCUT2D eigenvalue weighted by Crippen LogP contribution is 2.16. The molecule has 2 nitrogen and oxygen atoms in total. The zero-order valence-corrected chi connectivity index (χ0v) is 11.0. The molecule has 0 spiro atoms. The van der Waals surface area contributed by atoms with Crippen molar-refractivity contribution in [3.05, 3.63) is 23.3 Å². The molecular weight excluding hydrogens is 200 g/mol. The number of hydrogen-bond donors (Lipinski definition) is 0. The molecule has 1 heterocycles. The lowest BCUT2D eigenvalue weighted by atomic mass is 10.1. The lowest BCUT2D eigenvalue weighted by Gasteiger charge is -2.26. The van der Waals surface area contributed by atoms with E-state index >= 15 is 0 Å². The fourth-order valence-corrected chi connectivity index (χ4v) is 1.68. The van der Waals surface area contributed by atoms with Crippen LogP contribution < -0.4 is 0 Å². The van der Waals surface area contributed by atoms with E-state index in [1.54, 1.807) is 0 Å². The third-order valence-electron chi connectivity index (χ3n) is 2.68. The Hall–Kier alpha value is -0.600. The normalized spacial score (nSPS) is 26.6. The summed E-state index contributed by atoms with van der Waals surface area (Å²) in [6.45, 7) is 9.32. The minimum absolute atomic E-state index is 0.129. The molecule has 0 aromatic heterocycles. The molecule has 1 saturated heterocycles. The van der Waals surface area contributed by atoms with Crippen molar-refractivity contribution in [1.29, 1.82) is 0 Å². The summed E-state index contributed by atoms with van der Waals surface area (Å²) in [6.07, 6.45) is 7.75. The second-order valence-electron chi connectivity index (χ2n) is 4.81. The predicted octanol–water partition coefficient (Wildman–Crippen LogP) is 3.83. The van der Waals surface area contributed by atoms with E-state index < -0.39 is 0 Å². The van der Waals surface area contributed by atoms with E-state index in [1.165, 1.54) is 11.1 Å². The molecule has 0 aliphatic carbocycles. The van der Waals surface area contributed by atoms with E-state index in [-0.39, 0.29) is 6.29 Å². The lowest BCUT2D eigenvalue weighted by Crippen LogP contribution is -2.29. The lowest BCUT2D eigenvalue weighted by molar-refractivity contribution is -0.181. The molecule has 1 aliphatic rings. The molecule has 0 bridgehead atoms. The Morgan fingerprint density at radius 3 is 2.69 bits per heavy atom. The number of rotatable bonds is 4. The van der Waals surface area contributed by atoms with Crippen LogP contribution in [-0.2, 0) is 9.47 Å². The molecule has 0 aromatic carbocycles. The van der Waals surface area contributed by atoms with Gasteiger partial charge in [-0.1, -0.05) is 17.2 Å². The summed E-state index contributed by atoms with van der Waals surface area (Å²) in [5.41, 5.74) is 2.73. The Labute approximate surface area is 99.3 Å². The van der Waals surface area contributed by atoms with Crippen LogP contribution in [0.3, 0.4) is 0 Å². The van der Waals surface area contributed by atoms with Gasteiger partial charge in [0.25, 0.3) is 0 Å². The first-order valence-electron chi connectivity index (χ1n) is 6.15. The molecule has 0 saturated carbocycles. The molecule has 0 amide bonds. The summed E-state index contributed by atoms with van der Waals surface area (Å²) < 4.78 is 11.2. The van der Waals surface area contributed by atoms with Crippen LogP contribution in [0.1, 0.15) is 47.0 Å². The largest absolute Gasteiger partial charge is 0.349 e. The predicted molar refractivity (Wildman–Crippen MR) is 67.3 cm³/mol. The molecular formula is C14H24O2. The van der Waals surface area contributed by atoms with Gasteiger partial charge in [-0.25, -0.2) is 0 Å². The summed E-state index contributed by atoms with van der Waals surface area (Å²) in [5.74, 6) is 0. The van der Waals surface area contributed by atoms with Gasteiger partial charge in [0.15, 0.2) is 6.29 Å². The SMILES string of the molecule is CC(C)=CCC/C(C)=C/C1OCCC(C)O1. The van der Waals surface area contributed by atoms with Gasteiger partial charge >= 0.3 is 0 Å². The van der Waals surface area contributed by atoms with Crippen LogP contribution >= 0.6 is 0 Å². The summed E-state index contributed by atoms with van der Waals surface area (Å²) in [5, 5.41) is 0. The third-order valence-corrected chi connectivity index (χ3v) is 2.68. The second kappa shape index (κ2) is 6.87. The average Bonchev–Trinajstić information content (AvgIpc) is 2.16. The zero-order valence-electron chi connectivity index (χ0n) is 11.0. The average molecular weight is 224 g/mol. The maximum Gasteiger partial charge on any atom is 0.177 e. The minimum atomic E-state index is -0.129. The van der Waals surface area contributed by atoms with Crippen molar-refractivity contribution in [2.45, 2.75) is 59.4 Å². The highest BCUT2D eigenvalue weighted by atomic mass is 16.7. The molecule has 1 rings (SSSR count). The van der Waals surface area contributed by atoms with E-state index in [4.69, 9.17) is 9.47 Å². The van der Waals surface area contributed by atoms with Gasteiger partial charge in [-0.05, 0) is 53.0 Å². The molecule has 0 N–H and O–H groups in total. The number of allylic oxidation sites excluding steroid dienone is 3. The maximum atomic E-state index is 5.67. The fourth-order valence-electron chi connectivity index (χ4n) is 1.68. The molecule has 2 heteroatoms. The molecule has 0 radical (unpaired) electrons. The third kappa shape index (κ3) is 5.47. The van der Waals surface area contributed by atoms with E-state index in [1.807, 2.05) is 0 Å². The molecule has 1 aliphatic heterocycles. The summed E-state index contributed by atoms with van der Waals surface area (Å²) in [4.78, 5) is 0. The summed E-state index contributed by atoms with van der Waals surface area (Å²) in [7, 11) is 0. The Balaban J connectivity index is 2.34. The van der Waals surface area contributed by atoms with Crippen LogP contribution in [0, 0.1) is 0 Å². The molecule has 2 atom stereocenters. The fraction of sp³-hybridized carbons (Fsp3) is 0.714. The van der Waals surface area contributed by atoms with Gasteiger partial charge in [0, 0.05) is 0 Å². The zero-order chi connectivity index (χ0) is 12.0. The molecule has 16 heavy (non-hydrogen) atoms. The van der Waals surface area contributed by atoms with Gasteiger partial charge in [-0.15, -0.1) is 0 Å². The Morgan fingerprint density at radius 1 is 1.31 bits per heavy atom. The first-order valence-corrected chi connectivity index (χ1v) is 6.15. The van der Waals surface area contributed by atoms with Gasteiger partial charge in [-0.2, -0.15) is 0 Å². The standard InChI is InChI=1S/C14H24O2/c1-11(2)6-5-7-12(3)10-14-15-9-8-13(4)16-14/h6,10,13-14H,5,7-9H2,1-4H3/b12-10+. The van der Waals surface area contributed by atoms with Crippen molar-refractivity contribution < 1.29 is 9.47 Å². The number of hydrogen-bond acceptors (Lipinski definition) is 2. The van der Waals surface area contributed by atoms with Crippen LogP contribution in [0.5, 0.6) is 0 Å². The van der Waals surface area contributed by atoms with Gasteiger partial charge in [0.05, 0.1) is 12.7 Å². The Bertz CT molecular complexity index is 262. The van der Waals surface area contributed by atoms with Crippen LogP contribution in [0.2, 0.25) is 0 Å². The van der Waals surface area contributed by atoms with Crippen molar-refractivity contribution in [1.82, 2.24) is 0 Å². The van der Waals surface area contributed by atoms with E-state index in [9.17, 15) is 0 Å². The first kappa shape index (κ1) is 13.5. The number of ether oxygens (including phenoxy) is 2. The highest BCUT2D eigenvalue weighted by molar-refractivity contribution is 5.03. The van der Waals surface area contributed by atoms with Crippen molar-refractivity contribution in [3.8, 4) is 0 Å². The van der Waals surface area contributed by atoms with Gasteiger partial charge in [0.2, 0.25) is 0 Å². The van der Waals surface area contributed by atoms with E-state index in [0.29, 0.717) is 6.10 Å². The Kier molecular flexibility index (Phi) is 5.78. The maximum absolute atomic E-state index is 5.67. The van der Waals surface area contributed by atoms with Gasteiger partial charge in [-0.3, -0.25) is 0 Å². The second-order valence-corrected chi connectivity index (χ2v) is 4.81. The van der Waals surface area contributed by atoms with Gasteiger partial charge < -0.3 is 9.47 Å². The molecule has 1 fully saturated rings. The van der Waals surface area contributed by atoms with Crippen LogP contribution in [0.15, 0.2) is 23.3 Å². The molecule has 2 unspecified atom stereocenters. The monoisotopic (exact) mass is 224 g/mol. The molecule has 92 valence electrons. The Morgan fingerprint density at radius 2 is 2.06 bits per heavy atom. The quantitative estimate of drug-likeness (QED) is 0.676. The molecule has 0 aromatic rings. The van der Waals surface area contributed by atoms with Crippen molar-refractivity contribution >= 4 is 0 Å². The van der Waals surface area contributed by atoms with Crippen LogP contribution in [0.4, 0.5) is 0 Å². The van der Waals surface area contributed by atoms with Crippen molar-refractivity contribution in [3.63, 3.8) is 0 Å². The summed E-state index contributed by atoms with van der Waals surface area (Å²) >= 11 is 0. The minimum Gasteiger partial charge on any atom is -0.349 e. The van der Waals surface area contributed by atoms with E-state index in [0.717, 1.165) is 25.9 Å². The van der Waals surface area contributed by atoms with Crippen LogP contribution in [-0.4, -0.2) is 19.0 Å². The van der Waals surface area contributed by atoms with E-state index in [2.05, 4.69) is 39.8 Å². The first-order chi connectivity index (χ1) is 7.58. The van der Waals surface area contributed by atoms with Crippen molar-refractivity contribution in [2.75, 3.05) is 6.61 Å². The van der Waals surface area contributed by atoms with Crippen LogP contribution in [0.25, 0.3) is 0 Å². The smallest absolute Gasteiger partial charge is 0.177 e. The van der Waals surface area contributed by atoms with Crippen molar-refractivity contribution in [2.24, 2.45) is 0 Å². The van der Waals surface area contributed by atoms with Gasteiger partial charge in [0.1, 0.15) is 0 Å². The summed E-state index contributed by atoms with van der Waals surface area (Å²) in [6, 6.07) is 0. The topological polar surface area (TPSA) is 18.5 Å².